The van der Waals surface area contributed by atoms with E-state index in [0.717, 1.165) is 68.0 Å². The lowest BCUT2D eigenvalue weighted by Gasteiger charge is -2.32. The van der Waals surface area contributed by atoms with Crippen molar-refractivity contribution in [2.45, 2.75) is 77.7 Å². The lowest BCUT2D eigenvalue weighted by atomic mass is 9.93. The first-order valence-electron chi connectivity index (χ1n) is 11.9. The van der Waals surface area contributed by atoms with Crippen molar-refractivity contribution in [3.8, 4) is 0 Å². The van der Waals surface area contributed by atoms with E-state index in [4.69, 9.17) is 11.6 Å². The molecule has 0 N–H and O–H groups in total. The van der Waals surface area contributed by atoms with Crippen molar-refractivity contribution >= 4 is 23.3 Å². The number of aromatic nitrogens is 3. The maximum Gasteiger partial charge on any atom is 0.219 e. The number of hydrogen-bond acceptors (Lipinski definition) is 4. The van der Waals surface area contributed by atoms with Gasteiger partial charge in [0, 0.05) is 56.8 Å². The molecule has 1 amide bonds. The number of ketones is 1. The summed E-state index contributed by atoms with van der Waals surface area (Å²) in [7, 11) is 0. The molecule has 0 radical (unpaired) electrons. The summed E-state index contributed by atoms with van der Waals surface area (Å²) < 4.78 is 2.30. The Morgan fingerprint density at radius 2 is 1.88 bits per heavy atom. The highest BCUT2D eigenvalue weighted by Gasteiger charge is 2.30. The van der Waals surface area contributed by atoms with E-state index in [9.17, 15) is 9.59 Å². The molecule has 0 spiro atoms. The molecule has 2 aromatic rings. The number of Topliss-reactive ketones (excluding diaryl/α,β-unsaturated/α-hetero) is 1. The van der Waals surface area contributed by atoms with Crippen molar-refractivity contribution in [1.29, 1.82) is 0 Å². The van der Waals surface area contributed by atoms with E-state index in [2.05, 4.69) is 14.8 Å². The number of hydrogen-bond donors (Lipinski definition) is 0. The zero-order valence-electron chi connectivity index (χ0n) is 19.1. The van der Waals surface area contributed by atoms with E-state index in [1.165, 1.54) is 6.42 Å². The predicted molar refractivity (Wildman–Crippen MR) is 125 cm³/mol. The Kier molecular flexibility index (Phi) is 7.29. The average molecular weight is 457 g/mol. The number of rotatable bonds is 9. The third-order valence-electron chi connectivity index (χ3n) is 6.88. The van der Waals surface area contributed by atoms with Gasteiger partial charge in [-0.1, -0.05) is 23.7 Å². The number of carbonyl (C=O) groups is 2. The van der Waals surface area contributed by atoms with E-state index in [1.54, 1.807) is 6.92 Å². The number of likely N-dealkylation sites (tertiary alicyclic amines) is 1. The quantitative estimate of drug-likeness (QED) is 0.556. The molecule has 6 nitrogen and oxygen atoms in total. The van der Waals surface area contributed by atoms with Crippen LogP contribution in [0.25, 0.3) is 0 Å². The van der Waals surface area contributed by atoms with Gasteiger partial charge in [0.2, 0.25) is 5.91 Å². The third kappa shape index (κ3) is 5.58. The van der Waals surface area contributed by atoms with Gasteiger partial charge in [-0.3, -0.25) is 9.59 Å². The second kappa shape index (κ2) is 10.2. The van der Waals surface area contributed by atoms with Crippen LogP contribution in [0.2, 0.25) is 5.02 Å². The van der Waals surface area contributed by atoms with Crippen LogP contribution in [0.3, 0.4) is 0 Å². The van der Waals surface area contributed by atoms with E-state index < -0.39 is 0 Å². The molecule has 2 aliphatic rings. The van der Waals surface area contributed by atoms with Crippen molar-refractivity contribution < 1.29 is 9.59 Å². The van der Waals surface area contributed by atoms with E-state index in [0.29, 0.717) is 36.2 Å². The summed E-state index contributed by atoms with van der Waals surface area (Å²) in [5.41, 5.74) is 1.98. The average Bonchev–Trinajstić information content (AvgIpc) is 3.54. The Bertz CT molecular complexity index is 982. The molecule has 1 aromatic heterocycles. The summed E-state index contributed by atoms with van der Waals surface area (Å²) in [6.07, 6.45) is 7.99. The summed E-state index contributed by atoms with van der Waals surface area (Å²) in [6, 6.07) is 6.22. The Morgan fingerprint density at radius 3 is 2.59 bits per heavy atom. The minimum absolute atomic E-state index is 0.177. The molecule has 1 saturated carbocycles. The molecule has 2 fully saturated rings. The molecule has 7 heteroatoms. The first-order chi connectivity index (χ1) is 15.4. The summed E-state index contributed by atoms with van der Waals surface area (Å²) in [4.78, 5) is 26.3. The lowest BCUT2D eigenvalue weighted by Crippen LogP contribution is -2.38. The fraction of sp³-hybridized carbons (Fsp3) is 0.600. The highest BCUT2D eigenvalue weighted by Crippen LogP contribution is 2.37. The molecule has 1 aromatic carbocycles. The van der Waals surface area contributed by atoms with Crippen molar-refractivity contribution in [1.82, 2.24) is 19.7 Å². The van der Waals surface area contributed by atoms with Crippen LogP contribution in [0, 0.1) is 12.8 Å². The van der Waals surface area contributed by atoms with E-state index >= 15 is 0 Å². The van der Waals surface area contributed by atoms with Gasteiger partial charge >= 0.3 is 0 Å². The molecule has 172 valence electrons. The van der Waals surface area contributed by atoms with E-state index in [1.807, 2.05) is 30.0 Å². The largest absolute Gasteiger partial charge is 0.343 e. The monoisotopic (exact) mass is 456 g/mol. The van der Waals surface area contributed by atoms with E-state index in [-0.39, 0.29) is 11.7 Å². The van der Waals surface area contributed by atoms with Crippen LogP contribution in [0.1, 0.15) is 74.3 Å². The molecular formula is C25H33ClN4O2. The molecule has 2 heterocycles. The number of piperidine rings is 1. The summed E-state index contributed by atoms with van der Waals surface area (Å²) in [5.74, 6) is 2.89. The smallest absolute Gasteiger partial charge is 0.219 e. The zero-order chi connectivity index (χ0) is 22.7. The first-order valence-corrected chi connectivity index (χ1v) is 12.2. The van der Waals surface area contributed by atoms with Crippen LogP contribution in [0.5, 0.6) is 0 Å². The van der Waals surface area contributed by atoms with Gasteiger partial charge < -0.3 is 9.47 Å². The predicted octanol–water partition coefficient (Wildman–Crippen LogP) is 4.51. The second-order valence-corrected chi connectivity index (χ2v) is 9.79. The highest BCUT2D eigenvalue weighted by atomic mass is 35.5. The Hall–Kier alpha value is -2.21. The van der Waals surface area contributed by atoms with Gasteiger partial charge in [0.1, 0.15) is 17.4 Å². The Labute approximate surface area is 195 Å². The summed E-state index contributed by atoms with van der Waals surface area (Å²) in [6.45, 7) is 5.37. The highest BCUT2D eigenvalue weighted by molar-refractivity contribution is 6.31. The zero-order valence-corrected chi connectivity index (χ0v) is 19.9. The first kappa shape index (κ1) is 23.0. The van der Waals surface area contributed by atoms with Crippen LogP contribution >= 0.6 is 11.6 Å². The molecule has 1 aliphatic heterocycles. The molecule has 1 aliphatic carbocycles. The molecule has 1 atom stereocenters. The van der Waals surface area contributed by atoms with Crippen LogP contribution in [-0.2, 0) is 28.9 Å². The van der Waals surface area contributed by atoms with Crippen LogP contribution < -0.4 is 0 Å². The number of benzene rings is 1. The fourth-order valence-electron chi connectivity index (χ4n) is 4.77. The standard InChI is InChI=1S/C25H33ClN4O2/c1-17-20(6-3-7-23(17)26)15-22(32)11-13-25-28-27-24(30(25)21-9-10-21)12-8-19-5-4-14-29(16-19)18(2)31/h3,6-7,19,21H,4-5,8-16H2,1-2H3. The normalized spacial score (nSPS) is 18.7. The maximum absolute atomic E-state index is 12.6. The number of halogens is 1. The Balaban J connectivity index is 1.34. The molecule has 0 bridgehead atoms. The van der Waals surface area contributed by atoms with Crippen LogP contribution in [-0.4, -0.2) is 44.4 Å². The van der Waals surface area contributed by atoms with Crippen molar-refractivity contribution in [3.63, 3.8) is 0 Å². The number of nitrogens with zero attached hydrogens (tertiary/aromatic N) is 4. The van der Waals surface area contributed by atoms with Gasteiger partial charge in [-0.25, -0.2) is 0 Å². The van der Waals surface area contributed by atoms with Gasteiger partial charge in [0.05, 0.1) is 0 Å². The minimum Gasteiger partial charge on any atom is -0.343 e. The number of amides is 1. The SMILES string of the molecule is CC(=O)N1CCCC(CCc2nnc(CCC(=O)Cc3cccc(Cl)c3C)n2C2CC2)C1. The second-order valence-electron chi connectivity index (χ2n) is 9.39. The van der Waals surface area contributed by atoms with Gasteiger partial charge in [0.25, 0.3) is 0 Å². The fourth-order valence-corrected chi connectivity index (χ4v) is 4.97. The van der Waals surface area contributed by atoms with Crippen LogP contribution in [0.15, 0.2) is 18.2 Å². The van der Waals surface area contributed by atoms with Gasteiger partial charge in [-0.2, -0.15) is 0 Å². The van der Waals surface area contributed by atoms with Crippen molar-refractivity contribution in [2.24, 2.45) is 5.92 Å². The molecule has 1 saturated heterocycles. The Morgan fingerprint density at radius 1 is 1.12 bits per heavy atom. The molecule has 4 rings (SSSR count). The van der Waals surface area contributed by atoms with Gasteiger partial charge in [0.15, 0.2) is 0 Å². The summed E-state index contributed by atoms with van der Waals surface area (Å²) in [5, 5.41) is 9.68. The van der Waals surface area contributed by atoms with Crippen molar-refractivity contribution in [3.05, 3.63) is 46.0 Å². The van der Waals surface area contributed by atoms with Crippen LogP contribution in [0.4, 0.5) is 0 Å². The van der Waals surface area contributed by atoms with Gasteiger partial charge in [-0.15, -0.1) is 10.2 Å². The van der Waals surface area contributed by atoms with Gasteiger partial charge in [-0.05, 0) is 62.1 Å². The molecule has 32 heavy (non-hydrogen) atoms. The number of aryl methyl sites for hydroxylation is 2. The number of carbonyl (C=O) groups excluding carboxylic acids is 2. The third-order valence-corrected chi connectivity index (χ3v) is 7.29. The molecular weight excluding hydrogens is 424 g/mol. The minimum atomic E-state index is 0.177. The van der Waals surface area contributed by atoms with Crippen molar-refractivity contribution in [2.75, 3.05) is 13.1 Å². The topological polar surface area (TPSA) is 68.1 Å². The molecule has 1 unspecified atom stereocenters. The summed E-state index contributed by atoms with van der Waals surface area (Å²) >= 11 is 6.19. The maximum atomic E-state index is 12.6. The lowest BCUT2D eigenvalue weighted by molar-refractivity contribution is -0.130.